The number of benzene rings is 3. The van der Waals surface area contributed by atoms with E-state index in [9.17, 15) is 23.3 Å². The van der Waals surface area contributed by atoms with Gasteiger partial charge in [-0.25, -0.2) is 13.2 Å². The summed E-state index contributed by atoms with van der Waals surface area (Å²) in [7, 11) is -0.844. The van der Waals surface area contributed by atoms with Crippen LogP contribution in [0.1, 0.15) is 44.2 Å². The Morgan fingerprint density at radius 3 is 2.21 bits per heavy atom. The van der Waals surface area contributed by atoms with E-state index in [1.807, 2.05) is 68.4 Å². The highest BCUT2D eigenvalue weighted by Gasteiger charge is 2.28. The molecule has 0 aliphatic heterocycles. The van der Waals surface area contributed by atoms with Crippen LogP contribution in [-0.2, 0) is 37.3 Å². The Bertz CT molecular complexity index is 1500. The zero-order valence-electron chi connectivity index (χ0n) is 28.1. The molecule has 1 amide bonds. The van der Waals surface area contributed by atoms with Gasteiger partial charge in [0.15, 0.2) is 0 Å². The van der Waals surface area contributed by atoms with E-state index in [1.165, 1.54) is 35.7 Å². The molecule has 0 aromatic heterocycles. The summed E-state index contributed by atoms with van der Waals surface area (Å²) in [6.45, 7) is 5.31. The van der Waals surface area contributed by atoms with Crippen molar-refractivity contribution in [1.82, 2.24) is 9.62 Å². The molecule has 13 heteroatoms. The number of nitro benzene ring substituents is 1. The van der Waals surface area contributed by atoms with E-state index in [4.69, 9.17) is 18.9 Å². The average Bonchev–Trinajstić information content (AvgIpc) is 3.06. The number of nitrogens with zero attached hydrogens (tertiary/aromatic N) is 2. The summed E-state index contributed by atoms with van der Waals surface area (Å²) in [5.74, 6) is 0.696. The lowest BCUT2D eigenvalue weighted by Crippen LogP contribution is -2.43. The fraction of sp³-hybridized carbons (Fsp3) is 0.457. The maximum atomic E-state index is 13.7. The lowest BCUT2D eigenvalue weighted by atomic mass is 10.0. The van der Waals surface area contributed by atoms with Gasteiger partial charge >= 0.3 is 6.09 Å². The van der Waals surface area contributed by atoms with Gasteiger partial charge in [0.1, 0.15) is 18.5 Å². The van der Waals surface area contributed by atoms with Gasteiger partial charge in [-0.05, 0) is 67.0 Å². The zero-order valence-corrected chi connectivity index (χ0v) is 28.9. The number of carbonyl (C=O) groups is 1. The van der Waals surface area contributed by atoms with Gasteiger partial charge in [-0.2, -0.15) is 4.31 Å². The van der Waals surface area contributed by atoms with Crippen LogP contribution in [-0.4, -0.2) is 76.4 Å². The fourth-order valence-corrected chi connectivity index (χ4v) is 6.67. The predicted molar refractivity (Wildman–Crippen MR) is 182 cm³/mol. The Labute approximate surface area is 283 Å². The Kier molecular flexibility index (Phi) is 15.8. The molecule has 48 heavy (non-hydrogen) atoms. The fourth-order valence-electron chi connectivity index (χ4n) is 5.05. The van der Waals surface area contributed by atoms with Gasteiger partial charge in [0.2, 0.25) is 10.0 Å². The van der Waals surface area contributed by atoms with Crippen LogP contribution in [0.3, 0.4) is 0 Å². The number of methoxy groups -OCH3 is 2. The summed E-state index contributed by atoms with van der Waals surface area (Å²) < 4.78 is 50.7. The number of rotatable bonds is 21. The molecule has 3 rings (SSSR count). The minimum Gasteiger partial charge on any atom is -0.489 e. The first kappa shape index (κ1) is 38.4. The minimum absolute atomic E-state index is 0.000435. The molecule has 0 radical (unpaired) electrons. The summed E-state index contributed by atoms with van der Waals surface area (Å²) in [5.41, 5.74) is 1.76. The molecule has 0 fully saturated rings. The van der Waals surface area contributed by atoms with E-state index in [0.29, 0.717) is 38.2 Å². The number of hydrogen-bond acceptors (Lipinski definition) is 9. The molecule has 3 aromatic rings. The van der Waals surface area contributed by atoms with E-state index in [2.05, 4.69) is 5.32 Å². The maximum Gasteiger partial charge on any atom is 0.407 e. The number of nitro groups is 1. The average molecular weight is 686 g/mol. The molecular weight excluding hydrogens is 638 g/mol. The number of nitrogens with one attached hydrogen (secondary N) is 1. The van der Waals surface area contributed by atoms with Crippen LogP contribution in [0.25, 0.3) is 0 Å². The molecule has 3 aromatic carbocycles. The third-order valence-corrected chi connectivity index (χ3v) is 9.34. The second-order valence-corrected chi connectivity index (χ2v) is 13.8. The van der Waals surface area contributed by atoms with Crippen LogP contribution < -0.4 is 10.1 Å². The van der Waals surface area contributed by atoms with Crippen molar-refractivity contribution in [2.24, 2.45) is 5.92 Å². The molecule has 0 aliphatic carbocycles. The third kappa shape index (κ3) is 12.9. The van der Waals surface area contributed by atoms with Crippen molar-refractivity contribution in [3.8, 4) is 5.75 Å². The molecule has 0 saturated carbocycles. The highest BCUT2D eigenvalue weighted by atomic mass is 32.2. The van der Waals surface area contributed by atoms with Crippen molar-refractivity contribution in [2.75, 3.05) is 40.5 Å². The Morgan fingerprint density at radius 2 is 1.60 bits per heavy atom. The lowest BCUT2D eigenvalue weighted by molar-refractivity contribution is -0.384. The van der Waals surface area contributed by atoms with Crippen molar-refractivity contribution in [3.05, 3.63) is 100 Å². The maximum absolute atomic E-state index is 13.7. The van der Waals surface area contributed by atoms with Crippen LogP contribution in [0.5, 0.6) is 5.75 Å². The first-order chi connectivity index (χ1) is 23.0. The summed E-state index contributed by atoms with van der Waals surface area (Å²) in [6.07, 6.45) is 0.811. The molecule has 0 bridgehead atoms. The van der Waals surface area contributed by atoms with Crippen molar-refractivity contribution in [3.63, 3.8) is 0 Å². The molecule has 0 spiro atoms. The first-order valence-electron chi connectivity index (χ1n) is 16.0. The highest BCUT2D eigenvalue weighted by molar-refractivity contribution is 7.89. The Hall–Kier alpha value is -4.04. The zero-order chi connectivity index (χ0) is 34.9. The second kappa shape index (κ2) is 19.7. The van der Waals surface area contributed by atoms with Crippen molar-refractivity contribution >= 4 is 21.8 Å². The predicted octanol–water partition coefficient (Wildman–Crippen LogP) is 5.99. The Balaban J connectivity index is 1.77. The number of non-ortho nitro benzene ring substituents is 1. The summed E-state index contributed by atoms with van der Waals surface area (Å²) >= 11 is 0. The number of hydrogen-bond donors (Lipinski definition) is 1. The smallest absolute Gasteiger partial charge is 0.407 e. The molecule has 0 heterocycles. The monoisotopic (exact) mass is 685 g/mol. The van der Waals surface area contributed by atoms with Crippen LogP contribution >= 0.6 is 0 Å². The molecule has 1 N–H and O–H groups in total. The number of carbonyl (C=O) groups excluding carboxylic acids is 1. The normalized spacial score (nSPS) is 12.9. The molecular formula is C35H47N3O9S. The van der Waals surface area contributed by atoms with Gasteiger partial charge in [0.05, 0.1) is 16.4 Å². The number of sulfonamides is 1. The summed E-state index contributed by atoms with van der Waals surface area (Å²) in [4.78, 5) is 23.6. The molecule has 2 unspecified atom stereocenters. The van der Waals surface area contributed by atoms with Gasteiger partial charge in [0.25, 0.3) is 5.69 Å². The number of alkyl carbamates (subject to hydrolysis) is 1. The van der Waals surface area contributed by atoms with E-state index >= 15 is 0 Å². The number of ether oxygens (including phenoxy) is 4. The lowest BCUT2D eigenvalue weighted by Gasteiger charge is -2.27. The number of amides is 1. The van der Waals surface area contributed by atoms with Gasteiger partial charge in [0, 0.05) is 52.1 Å². The van der Waals surface area contributed by atoms with Crippen LogP contribution in [0, 0.1) is 16.0 Å². The molecule has 12 nitrogen and oxygen atoms in total. The summed E-state index contributed by atoms with van der Waals surface area (Å²) in [5, 5.41) is 14.1. The van der Waals surface area contributed by atoms with Crippen LogP contribution in [0.4, 0.5) is 10.5 Å². The van der Waals surface area contributed by atoms with Crippen molar-refractivity contribution in [1.29, 1.82) is 0 Å². The van der Waals surface area contributed by atoms with Crippen molar-refractivity contribution < 1.29 is 37.1 Å². The van der Waals surface area contributed by atoms with Gasteiger partial charge in [-0.3, -0.25) is 10.1 Å². The second-order valence-electron chi connectivity index (χ2n) is 11.9. The van der Waals surface area contributed by atoms with Gasteiger partial charge in [-0.1, -0.05) is 56.3 Å². The standard InChI is InChI=1S/C35H47N3O9S/c1-27(2)24-37(48(42,43)34-18-14-31(15-19-34)38(40)41)21-20-30(36-35(39)47-33(26-45-4)11-8-22-44-3)23-28-12-16-32(17-13-28)46-25-29-9-6-5-7-10-29/h5-7,9-10,12-19,27,30,33H,8,11,20-26H2,1-4H3,(H,36,39). The SMILES string of the molecule is COCCCC(COC)OC(=O)NC(CCN(CC(C)C)S(=O)(=O)c1ccc([N+](=O)[O-])cc1)Cc1ccc(OCc2ccccc2)cc1. The third-order valence-electron chi connectivity index (χ3n) is 7.46. The topological polar surface area (TPSA) is 147 Å². The van der Waals surface area contributed by atoms with Crippen LogP contribution in [0.15, 0.2) is 83.8 Å². The quantitative estimate of drug-likeness (QED) is 0.0812. The Morgan fingerprint density at radius 1 is 0.917 bits per heavy atom. The minimum atomic E-state index is -3.99. The van der Waals surface area contributed by atoms with E-state index < -0.39 is 33.2 Å². The molecule has 0 aliphatic rings. The molecule has 2 atom stereocenters. The van der Waals surface area contributed by atoms with Crippen LogP contribution in [0.2, 0.25) is 0 Å². The molecule has 0 saturated heterocycles. The van der Waals surface area contributed by atoms with E-state index in [0.717, 1.165) is 11.1 Å². The summed E-state index contributed by atoms with van der Waals surface area (Å²) in [6, 6.07) is 21.8. The van der Waals surface area contributed by atoms with Gasteiger partial charge in [-0.15, -0.1) is 0 Å². The molecule has 262 valence electrons. The largest absolute Gasteiger partial charge is 0.489 e. The van der Waals surface area contributed by atoms with Gasteiger partial charge < -0.3 is 24.3 Å². The van der Waals surface area contributed by atoms with E-state index in [-0.39, 0.29) is 42.6 Å². The first-order valence-corrected chi connectivity index (χ1v) is 17.4. The highest BCUT2D eigenvalue weighted by Crippen LogP contribution is 2.22. The van der Waals surface area contributed by atoms with E-state index in [1.54, 1.807) is 7.11 Å². The van der Waals surface area contributed by atoms with Crippen molar-refractivity contribution in [2.45, 2.75) is 63.2 Å².